The molecule has 1 aromatic rings. The number of rotatable bonds is 6. The molecule has 0 spiro atoms. The average molecular weight is 272 g/mol. The maximum Gasteiger partial charge on any atom is 0.441 e. The van der Waals surface area contributed by atoms with Crippen LogP contribution in [0.1, 0.15) is 25.6 Å². The number of nitrogens with zero attached hydrogens (tertiary/aromatic N) is 2. The number of aryl methyl sites for hydroxylation is 1. The predicted octanol–water partition coefficient (Wildman–Crippen LogP) is 1.59. The molecule has 0 aliphatic heterocycles. The Kier molecular flexibility index (Phi) is 5.47. The minimum Gasteiger partial charge on any atom is -0.469 e. The lowest BCUT2D eigenvalue weighted by molar-refractivity contribution is -0.145. The summed E-state index contributed by atoms with van der Waals surface area (Å²) >= 11 is 0. The zero-order valence-electron chi connectivity index (χ0n) is 11.2. The van der Waals surface area contributed by atoms with Gasteiger partial charge in [0.25, 0.3) is 0 Å². The minimum absolute atomic E-state index is 0.0621. The Bertz CT molecular complexity index is 518. The van der Waals surface area contributed by atoms with Gasteiger partial charge in [-0.05, 0) is 25.8 Å². The van der Waals surface area contributed by atoms with Crippen LogP contribution in [-0.2, 0) is 16.1 Å². The van der Waals surface area contributed by atoms with Crippen LogP contribution in [0.2, 0.25) is 0 Å². The summed E-state index contributed by atoms with van der Waals surface area (Å²) in [5.41, 5.74) is 0. The van der Waals surface area contributed by atoms with Gasteiger partial charge in [0, 0.05) is 0 Å². The molecule has 0 bridgehead atoms. The number of carbonyl (C=O) groups excluding carboxylic acids is 1. The Morgan fingerprint density at radius 2 is 2.32 bits per heavy atom. The van der Waals surface area contributed by atoms with E-state index in [2.05, 4.69) is 14.4 Å². The number of carbonyl (C=O) groups is 1. The van der Waals surface area contributed by atoms with Gasteiger partial charge in [0.2, 0.25) is 0 Å². The molecule has 1 aromatic heterocycles. The third-order valence-electron chi connectivity index (χ3n) is 2.78. The molecule has 0 saturated heterocycles. The fourth-order valence-electron chi connectivity index (χ4n) is 1.51. The van der Waals surface area contributed by atoms with Crippen LogP contribution in [0.25, 0.3) is 0 Å². The summed E-state index contributed by atoms with van der Waals surface area (Å²) in [4.78, 5) is 22.3. The van der Waals surface area contributed by atoms with E-state index in [1.807, 2.05) is 0 Å². The van der Waals surface area contributed by atoms with Crippen molar-refractivity contribution in [3.63, 3.8) is 0 Å². The van der Waals surface area contributed by atoms with Crippen LogP contribution in [0.3, 0.4) is 0 Å². The summed E-state index contributed by atoms with van der Waals surface area (Å²) in [6.07, 6.45) is 1.75. The summed E-state index contributed by atoms with van der Waals surface area (Å²) < 4.78 is 23.7. The molecule has 1 unspecified atom stereocenters. The highest BCUT2D eigenvalue weighted by molar-refractivity contribution is 5.71. The zero-order chi connectivity index (χ0) is 14.4. The largest absolute Gasteiger partial charge is 0.469 e. The molecule has 0 saturated carbocycles. The highest BCUT2D eigenvalue weighted by atomic mass is 19.1. The molecule has 19 heavy (non-hydrogen) atoms. The molecule has 0 aliphatic rings. The molecule has 1 atom stereocenters. The second kappa shape index (κ2) is 6.86. The summed E-state index contributed by atoms with van der Waals surface area (Å²) in [5.74, 6) is -1.34. The quantitative estimate of drug-likeness (QED) is 0.735. The van der Waals surface area contributed by atoms with Crippen LogP contribution >= 0.6 is 0 Å². The van der Waals surface area contributed by atoms with E-state index >= 15 is 0 Å². The first-order valence-corrected chi connectivity index (χ1v) is 5.91. The summed E-state index contributed by atoms with van der Waals surface area (Å²) in [7, 11) is 1.30. The molecule has 0 amide bonds. The second-order valence-corrected chi connectivity index (χ2v) is 4.22. The molecule has 7 heteroatoms. The molecule has 0 radical (unpaired) electrons. The van der Waals surface area contributed by atoms with Crippen LogP contribution in [-0.4, -0.2) is 22.8 Å². The van der Waals surface area contributed by atoms with Gasteiger partial charge in [-0.15, -0.1) is 0 Å². The second-order valence-electron chi connectivity index (χ2n) is 4.22. The van der Waals surface area contributed by atoms with E-state index in [0.29, 0.717) is 12.2 Å². The van der Waals surface area contributed by atoms with Gasteiger partial charge in [0.1, 0.15) is 0 Å². The number of halogens is 1. The summed E-state index contributed by atoms with van der Waals surface area (Å²) in [5, 5.41) is 3.47. The van der Waals surface area contributed by atoms with E-state index < -0.39 is 5.76 Å². The van der Waals surface area contributed by atoms with Crippen molar-refractivity contribution in [3.05, 3.63) is 28.3 Å². The monoisotopic (exact) mass is 272 g/mol. The van der Waals surface area contributed by atoms with Crippen molar-refractivity contribution in [2.75, 3.05) is 7.11 Å². The maximum atomic E-state index is 13.5. The van der Waals surface area contributed by atoms with Crippen molar-refractivity contribution in [2.45, 2.75) is 33.2 Å². The lowest BCUT2D eigenvalue weighted by atomic mass is 10.1. The summed E-state index contributed by atoms with van der Waals surface area (Å²) in [6, 6.07) is 0. The Morgan fingerprint density at radius 1 is 1.63 bits per heavy atom. The minimum atomic E-state index is -0.621. The normalized spacial score (nSPS) is 13.4. The smallest absolute Gasteiger partial charge is 0.441 e. The van der Waals surface area contributed by atoms with Gasteiger partial charge in [0.05, 0.1) is 25.4 Å². The number of hydrogen-bond donors (Lipinski definition) is 0. The number of allylic oxidation sites excluding steroid dienone is 2. The number of ether oxygens (including phenoxy) is 1. The molecule has 0 N–H and O–H groups in total. The Balaban J connectivity index is 2.50. The first-order chi connectivity index (χ1) is 8.95. The van der Waals surface area contributed by atoms with Crippen molar-refractivity contribution in [3.8, 4) is 0 Å². The topological polar surface area (TPSA) is 74.3 Å². The molecule has 6 nitrogen and oxygen atoms in total. The molecule has 0 fully saturated rings. The van der Waals surface area contributed by atoms with E-state index in [0.717, 1.165) is 0 Å². The Hall–Kier alpha value is -1.92. The third-order valence-corrected chi connectivity index (χ3v) is 2.78. The van der Waals surface area contributed by atoms with Crippen LogP contribution in [0.5, 0.6) is 0 Å². The zero-order valence-corrected chi connectivity index (χ0v) is 11.2. The fraction of sp³-hybridized carbons (Fsp3) is 0.583. The molecule has 0 aromatic carbocycles. The van der Waals surface area contributed by atoms with Gasteiger partial charge in [-0.2, -0.15) is 0 Å². The van der Waals surface area contributed by atoms with E-state index in [1.165, 1.54) is 17.8 Å². The van der Waals surface area contributed by atoms with Crippen molar-refractivity contribution >= 4 is 5.97 Å². The molecule has 106 valence electrons. The van der Waals surface area contributed by atoms with Crippen LogP contribution in [0, 0.1) is 12.8 Å². The number of esters is 1. The van der Waals surface area contributed by atoms with Gasteiger partial charge < -0.3 is 4.74 Å². The standard InChI is InChI=1S/C12H17FN2O4/c1-8(11(16)18-3)4-5-10(13)6-7-15-9(2)14-19-12(15)17/h6,8H,4-5,7H2,1-3H3/b10-6+. The van der Waals surface area contributed by atoms with Crippen LogP contribution in [0.15, 0.2) is 21.2 Å². The van der Waals surface area contributed by atoms with Crippen molar-refractivity contribution < 1.29 is 18.4 Å². The first kappa shape index (κ1) is 15.1. The Labute approximate surface area is 109 Å². The first-order valence-electron chi connectivity index (χ1n) is 5.91. The van der Waals surface area contributed by atoms with Gasteiger partial charge in [0.15, 0.2) is 5.82 Å². The third kappa shape index (κ3) is 4.35. The highest BCUT2D eigenvalue weighted by Gasteiger charge is 2.13. The fourth-order valence-corrected chi connectivity index (χ4v) is 1.51. The maximum absolute atomic E-state index is 13.5. The molecule has 1 rings (SSSR count). The van der Waals surface area contributed by atoms with Crippen LogP contribution < -0.4 is 5.76 Å². The average Bonchev–Trinajstić information content (AvgIpc) is 2.72. The van der Waals surface area contributed by atoms with Crippen molar-refractivity contribution in [1.82, 2.24) is 9.72 Å². The van der Waals surface area contributed by atoms with Gasteiger partial charge in [-0.25, -0.2) is 9.18 Å². The lowest BCUT2D eigenvalue weighted by Crippen LogP contribution is -2.15. The van der Waals surface area contributed by atoms with E-state index in [-0.39, 0.29) is 30.7 Å². The number of aromatic nitrogens is 2. The van der Waals surface area contributed by atoms with Gasteiger partial charge in [-0.1, -0.05) is 12.1 Å². The Morgan fingerprint density at radius 3 is 2.84 bits per heavy atom. The molecule has 0 aliphatic carbocycles. The number of hydrogen-bond acceptors (Lipinski definition) is 5. The predicted molar refractivity (Wildman–Crippen MR) is 65.1 cm³/mol. The molecular weight excluding hydrogens is 255 g/mol. The summed E-state index contributed by atoms with van der Waals surface area (Å²) in [6.45, 7) is 3.33. The highest BCUT2D eigenvalue weighted by Crippen LogP contribution is 2.14. The van der Waals surface area contributed by atoms with Gasteiger partial charge >= 0.3 is 11.7 Å². The van der Waals surface area contributed by atoms with Crippen LogP contribution in [0.4, 0.5) is 4.39 Å². The lowest BCUT2D eigenvalue weighted by Gasteiger charge is -2.07. The van der Waals surface area contributed by atoms with E-state index in [4.69, 9.17) is 0 Å². The van der Waals surface area contributed by atoms with Crippen molar-refractivity contribution in [2.24, 2.45) is 5.92 Å². The SMILES string of the molecule is COC(=O)C(C)CC/C(F)=C\Cn1c(C)noc1=O. The van der Waals surface area contributed by atoms with Gasteiger partial charge in [-0.3, -0.25) is 13.9 Å². The van der Waals surface area contributed by atoms with E-state index in [1.54, 1.807) is 13.8 Å². The van der Waals surface area contributed by atoms with E-state index in [9.17, 15) is 14.0 Å². The van der Waals surface area contributed by atoms with Crippen molar-refractivity contribution in [1.29, 1.82) is 0 Å². The molecular formula is C12H17FN2O4. The number of methoxy groups -OCH3 is 1. The molecule has 1 heterocycles.